The maximum Gasteiger partial charge on any atom is 0.293 e. The molecule has 0 bridgehead atoms. The molecule has 2 aromatic heterocycles. The molecule has 0 radical (unpaired) electrons. The molecule has 3 aromatic rings. The number of aromatic nitrogens is 3. The van der Waals surface area contributed by atoms with Crippen molar-refractivity contribution < 1.29 is 14.3 Å². The summed E-state index contributed by atoms with van der Waals surface area (Å²) in [6.07, 6.45) is 1.77. The number of hydrogen-bond acceptors (Lipinski definition) is 7. The molecule has 1 amide bonds. The Balaban J connectivity index is 1.89. The van der Waals surface area contributed by atoms with Gasteiger partial charge in [-0.3, -0.25) is 4.79 Å². The Hall–Kier alpha value is -2.52. The zero-order chi connectivity index (χ0) is 17.4. The number of amides is 1. The van der Waals surface area contributed by atoms with Crippen molar-refractivity contribution in [2.24, 2.45) is 4.99 Å². The van der Waals surface area contributed by atoms with Crippen LogP contribution in [0.2, 0.25) is 0 Å². The number of rotatable bonds is 3. The number of ether oxygens (including phenoxy) is 2. The third-order valence-corrected chi connectivity index (χ3v) is 5.56. The van der Waals surface area contributed by atoms with Gasteiger partial charge in [-0.25, -0.2) is 0 Å². The Morgan fingerprint density at radius 3 is 2.84 bits per heavy atom. The molecule has 128 valence electrons. The molecule has 1 aliphatic rings. The Morgan fingerprint density at radius 1 is 1.40 bits per heavy atom. The first-order valence-corrected chi connectivity index (χ1v) is 9.18. The second-order valence-corrected chi connectivity index (χ2v) is 7.12. The van der Waals surface area contributed by atoms with Gasteiger partial charge in [0.05, 0.1) is 15.9 Å². The van der Waals surface area contributed by atoms with Gasteiger partial charge in [-0.1, -0.05) is 21.9 Å². The van der Waals surface area contributed by atoms with E-state index in [1.165, 1.54) is 11.3 Å². The van der Waals surface area contributed by atoms with Crippen LogP contribution in [-0.4, -0.2) is 33.3 Å². The fourth-order valence-corrected chi connectivity index (χ4v) is 4.15. The van der Waals surface area contributed by atoms with Gasteiger partial charge in [0.25, 0.3) is 5.91 Å². The maximum atomic E-state index is 12.5. The van der Waals surface area contributed by atoms with Crippen molar-refractivity contribution in [3.63, 3.8) is 0 Å². The number of fused-ring (bicyclic) bond motifs is 2. The van der Waals surface area contributed by atoms with E-state index in [-0.39, 0.29) is 5.91 Å². The van der Waals surface area contributed by atoms with Crippen LogP contribution in [0, 0.1) is 6.92 Å². The zero-order valence-electron chi connectivity index (χ0n) is 13.4. The molecule has 0 fully saturated rings. The van der Waals surface area contributed by atoms with Gasteiger partial charge in [-0.2, -0.15) is 4.99 Å². The molecule has 0 aliphatic carbocycles. The van der Waals surface area contributed by atoms with Crippen LogP contribution in [0.15, 0.2) is 29.8 Å². The SMILES string of the molecule is C=CCn1c(=NC(=O)c2snnc2C)sc2cc3c(cc21)OCCO3. The number of carbonyl (C=O) groups excluding carboxylic acids is 1. The summed E-state index contributed by atoms with van der Waals surface area (Å²) in [6, 6.07) is 3.85. The molecule has 1 aliphatic heterocycles. The van der Waals surface area contributed by atoms with Crippen LogP contribution in [0.4, 0.5) is 0 Å². The summed E-state index contributed by atoms with van der Waals surface area (Å²) in [5.74, 6) is 1.08. The number of thiazole rings is 1. The van der Waals surface area contributed by atoms with E-state index in [2.05, 4.69) is 21.2 Å². The molecular weight excluding hydrogens is 360 g/mol. The largest absolute Gasteiger partial charge is 0.486 e. The fraction of sp³-hybridized carbons (Fsp3) is 0.250. The quantitative estimate of drug-likeness (QED) is 0.659. The molecule has 3 heterocycles. The van der Waals surface area contributed by atoms with Crippen molar-refractivity contribution in [1.82, 2.24) is 14.2 Å². The summed E-state index contributed by atoms with van der Waals surface area (Å²) in [5, 5.41) is 3.87. The van der Waals surface area contributed by atoms with Crippen molar-refractivity contribution in [3.8, 4) is 11.5 Å². The van der Waals surface area contributed by atoms with Gasteiger partial charge in [-0.15, -0.1) is 11.7 Å². The standard InChI is InChI=1S/C16H14N4O3S2/c1-3-4-20-10-7-11-12(23-6-5-22-11)8-13(10)24-16(20)17-15(21)14-9(2)18-19-25-14/h3,7-8H,1,4-6H2,2H3. The Labute approximate surface area is 151 Å². The predicted octanol–water partition coefficient (Wildman–Crippen LogP) is 2.56. The average Bonchev–Trinajstić information content (AvgIpc) is 3.17. The number of benzene rings is 1. The van der Waals surface area contributed by atoms with Crippen molar-refractivity contribution in [2.75, 3.05) is 13.2 Å². The van der Waals surface area contributed by atoms with E-state index >= 15 is 0 Å². The molecule has 0 spiro atoms. The molecule has 4 rings (SSSR count). The maximum absolute atomic E-state index is 12.5. The summed E-state index contributed by atoms with van der Waals surface area (Å²) >= 11 is 2.48. The summed E-state index contributed by atoms with van der Waals surface area (Å²) in [6.45, 7) is 7.14. The first-order chi connectivity index (χ1) is 12.2. The van der Waals surface area contributed by atoms with E-state index in [4.69, 9.17) is 9.47 Å². The summed E-state index contributed by atoms with van der Waals surface area (Å²) < 4.78 is 18.0. The molecule has 0 atom stereocenters. The topological polar surface area (TPSA) is 78.6 Å². The van der Waals surface area contributed by atoms with Crippen LogP contribution in [-0.2, 0) is 6.54 Å². The molecule has 0 N–H and O–H groups in total. The van der Waals surface area contributed by atoms with Crippen LogP contribution < -0.4 is 14.3 Å². The van der Waals surface area contributed by atoms with Gasteiger partial charge < -0.3 is 14.0 Å². The molecule has 7 nitrogen and oxygen atoms in total. The molecule has 0 saturated carbocycles. The van der Waals surface area contributed by atoms with Gasteiger partial charge in [-0.05, 0) is 18.5 Å². The van der Waals surface area contributed by atoms with E-state index in [1.54, 1.807) is 13.0 Å². The summed E-state index contributed by atoms with van der Waals surface area (Å²) in [7, 11) is 0. The van der Waals surface area contributed by atoms with E-state index < -0.39 is 0 Å². The highest BCUT2D eigenvalue weighted by atomic mass is 32.1. The predicted molar refractivity (Wildman–Crippen MR) is 95.5 cm³/mol. The van der Waals surface area contributed by atoms with Crippen LogP contribution in [0.5, 0.6) is 11.5 Å². The number of hydrogen-bond donors (Lipinski definition) is 0. The lowest BCUT2D eigenvalue weighted by Crippen LogP contribution is -2.17. The lowest BCUT2D eigenvalue weighted by molar-refractivity contribution is 0.100. The van der Waals surface area contributed by atoms with E-state index in [1.807, 2.05) is 16.7 Å². The third-order valence-electron chi connectivity index (χ3n) is 3.70. The van der Waals surface area contributed by atoms with Gasteiger partial charge in [0.1, 0.15) is 18.1 Å². The normalized spacial score (nSPS) is 14.0. The molecule has 0 unspecified atom stereocenters. The van der Waals surface area contributed by atoms with Crippen molar-refractivity contribution >= 4 is 39.0 Å². The van der Waals surface area contributed by atoms with Crippen LogP contribution >= 0.6 is 22.9 Å². The van der Waals surface area contributed by atoms with E-state index in [0.717, 1.165) is 21.7 Å². The molecular formula is C16H14N4O3S2. The lowest BCUT2D eigenvalue weighted by atomic mass is 10.2. The molecule has 25 heavy (non-hydrogen) atoms. The fourth-order valence-electron chi connectivity index (χ4n) is 2.56. The minimum Gasteiger partial charge on any atom is -0.486 e. The van der Waals surface area contributed by atoms with Gasteiger partial charge in [0, 0.05) is 18.7 Å². The highest BCUT2D eigenvalue weighted by Crippen LogP contribution is 2.35. The molecule has 9 heteroatoms. The van der Waals surface area contributed by atoms with Gasteiger partial charge in [0.15, 0.2) is 16.3 Å². The highest BCUT2D eigenvalue weighted by molar-refractivity contribution is 7.16. The third kappa shape index (κ3) is 2.85. The monoisotopic (exact) mass is 374 g/mol. The van der Waals surface area contributed by atoms with Crippen molar-refractivity contribution in [3.05, 3.63) is 40.2 Å². The smallest absolute Gasteiger partial charge is 0.293 e. The van der Waals surface area contributed by atoms with E-state index in [9.17, 15) is 4.79 Å². The Morgan fingerprint density at radius 2 is 2.16 bits per heavy atom. The summed E-state index contributed by atoms with van der Waals surface area (Å²) in [4.78, 5) is 17.8. The Kier molecular flexibility index (Phi) is 4.10. The Bertz CT molecular complexity index is 1050. The molecule has 0 saturated heterocycles. The second-order valence-electron chi connectivity index (χ2n) is 5.35. The van der Waals surface area contributed by atoms with Crippen molar-refractivity contribution in [1.29, 1.82) is 0 Å². The highest BCUT2D eigenvalue weighted by Gasteiger charge is 2.17. The number of allylic oxidation sites excluding steroid dienone is 1. The number of carbonyl (C=O) groups is 1. The van der Waals surface area contributed by atoms with Crippen LogP contribution in [0.3, 0.4) is 0 Å². The van der Waals surface area contributed by atoms with Crippen molar-refractivity contribution in [2.45, 2.75) is 13.5 Å². The van der Waals surface area contributed by atoms with Crippen LogP contribution in [0.1, 0.15) is 15.4 Å². The summed E-state index contributed by atoms with van der Waals surface area (Å²) in [5.41, 5.74) is 1.52. The lowest BCUT2D eigenvalue weighted by Gasteiger charge is -2.18. The minimum absolute atomic E-state index is 0.339. The van der Waals surface area contributed by atoms with Gasteiger partial charge in [0.2, 0.25) is 0 Å². The van der Waals surface area contributed by atoms with E-state index in [0.29, 0.717) is 46.6 Å². The zero-order valence-corrected chi connectivity index (χ0v) is 15.0. The van der Waals surface area contributed by atoms with Gasteiger partial charge >= 0.3 is 0 Å². The first kappa shape index (κ1) is 16.0. The first-order valence-electron chi connectivity index (χ1n) is 7.59. The minimum atomic E-state index is -0.339. The number of nitrogens with zero attached hydrogens (tertiary/aromatic N) is 4. The number of aryl methyl sites for hydroxylation is 1. The van der Waals surface area contributed by atoms with Crippen LogP contribution in [0.25, 0.3) is 10.2 Å². The molecule has 1 aromatic carbocycles. The average molecular weight is 374 g/mol. The second kappa shape index (κ2) is 6.41.